The predicted octanol–water partition coefficient (Wildman–Crippen LogP) is 6.44. The number of anilines is 2. The third-order valence-electron chi connectivity index (χ3n) is 5.21. The molecule has 0 radical (unpaired) electrons. The molecule has 2 amide bonds. The van der Waals surface area contributed by atoms with Gasteiger partial charge in [0.2, 0.25) is 0 Å². The summed E-state index contributed by atoms with van der Waals surface area (Å²) >= 11 is 6.61. The van der Waals surface area contributed by atoms with Crippen molar-refractivity contribution in [1.29, 1.82) is 0 Å². The first-order chi connectivity index (χ1) is 16.8. The summed E-state index contributed by atoms with van der Waals surface area (Å²) < 4.78 is 21.9. The second kappa shape index (κ2) is 10.1. The Morgan fingerprint density at radius 1 is 1.06 bits per heavy atom. The van der Waals surface area contributed by atoms with Crippen LogP contribution < -0.4 is 24.4 Å². The zero-order valence-corrected chi connectivity index (χ0v) is 20.7. The Kier molecular flexibility index (Phi) is 6.97. The minimum atomic E-state index is -0.384. The molecular formula is C25H25ClN4O5. The lowest BCUT2D eigenvalue weighted by atomic mass is 10.1. The van der Waals surface area contributed by atoms with Crippen molar-refractivity contribution in [1.82, 2.24) is 10.1 Å². The standard InChI is InChI=1S/C25H25ClN4O5/c1-14(2)30(25(31)28-24-10-15(3)35-29-24)20-7-6-16(11-18(20)26)34-21-8-9-27-19-13-23(33-5)22(32-4)12-17(19)21/h6-14H,1-5H3,(H,28,29,31). The largest absolute Gasteiger partial charge is 0.493 e. The summed E-state index contributed by atoms with van der Waals surface area (Å²) in [6.07, 6.45) is 1.65. The van der Waals surface area contributed by atoms with Crippen molar-refractivity contribution in [2.45, 2.75) is 26.8 Å². The Labute approximate surface area is 207 Å². The zero-order chi connectivity index (χ0) is 25.1. The molecule has 0 atom stereocenters. The Bertz CT molecular complexity index is 1370. The molecule has 0 saturated heterocycles. The zero-order valence-electron chi connectivity index (χ0n) is 20.0. The van der Waals surface area contributed by atoms with Gasteiger partial charge >= 0.3 is 6.03 Å². The van der Waals surface area contributed by atoms with E-state index in [9.17, 15) is 4.79 Å². The van der Waals surface area contributed by atoms with Crippen molar-refractivity contribution in [2.24, 2.45) is 0 Å². The van der Waals surface area contributed by atoms with Crippen LogP contribution in [0.15, 0.2) is 53.2 Å². The van der Waals surface area contributed by atoms with Crippen LogP contribution in [0.2, 0.25) is 5.02 Å². The Hall–Kier alpha value is -3.98. The number of halogens is 1. The first-order valence-corrected chi connectivity index (χ1v) is 11.2. The molecule has 35 heavy (non-hydrogen) atoms. The van der Waals surface area contributed by atoms with Gasteiger partial charge in [-0.1, -0.05) is 16.8 Å². The maximum Gasteiger partial charge on any atom is 0.327 e. The van der Waals surface area contributed by atoms with Gasteiger partial charge in [-0.3, -0.25) is 15.2 Å². The highest BCUT2D eigenvalue weighted by Gasteiger charge is 2.23. The van der Waals surface area contributed by atoms with Crippen LogP contribution in [0.1, 0.15) is 19.6 Å². The molecule has 4 rings (SSSR count). The number of carbonyl (C=O) groups is 1. The van der Waals surface area contributed by atoms with Crippen LogP contribution >= 0.6 is 11.6 Å². The molecule has 0 aliphatic heterocycles. The number of fused-ring (bicyclic) bond motifs is 1. The first kappa shape index (κ1) is 24.2. The Morgan fingerprint density at radius 3 is 2.43 bits per heavy atom. The molecule has 0 unspecified atom stereocenters. The Morgan fingerprint density at radius 2 is 1.80 bits per heavy atom. The summed E-state index contributed by atoms with van der Waals surface area (Å²) in [6.45, 7) is 5.52. The van der Waals surface area contributed by atoms with Gasteiger partial charge in [-0.25, -0.2) is 4.79 Å². The molecule has 0 saturated carbocycles. The van der Waals surface area contributed by atoms with E-state index in [1.807, 2.05) is 19.9 Å². The van der Waals surface area contributed by atoms with Crippen LogP contribution in [0.25, 0.3) is 10.9 Å². The van der Waals surface area contributed by atoms with Crippen LogP contribution in [0.3, 0.4) is 0 Å². The van der Waals surface area contributed by atoms with E-state index in [1.165, 1.54) is 4.90 Å². The number of aromatic nitrogens is 2. The second-order valence-corrected chi connectivity index (χ2v) is 8.37. The lowest BCUT2D eigenvalue weighted by molar-refractivity contribution is 0.255. The molecule has 0 bridgehead atoms. The number of urea groups is 1. The SMILES string of the molecule is COc1cc2nccc(Oc3ccc(N(C(=O)Nc4cc(C)on4)C(C)C)c(Cl)c3)c2cc1OC. The molecule has 1 N–H and O–H groups in total. The van der Waals surface area contributed by atoms with E-state index >= 15 is 0 Å². The second-order valence-electron chi connectivity index (χ2n) is 7.97. The van der Waals surface area contributed by atoms with Crippen LogP contribution in [0.4, 0.5) is 16.3 Å². The number of benzene rings is 2. The number of hydrogen-bond acceptors (Lipinski definition) is 7. The van der Waals surface area contributed by atoms with E-state index in [4.69, 9.17) is 30.3 Å². The fourth-order valence-corrected chi connectivity index (χ4v) is 3.89. The van der Waals surface area contributed by atoms with Crippen molar-refractivity contribution in [2.75, 3.05) is 24.4 Å². The molecule has 4 aromatic rings. The first-order valence-electron chi connectivity index (χ1n) is 10.8. The van der Waals surface area contributed by atoms with Gasteiger partial charge in [-0.05, 0) is 45.0 Å². The van der Waals surface area contributed by atoms with Gasteiger partial charge in [0.05, 0.1) is 30.4 Å². The third kappa shape index (κ3) is 5.09. The minimum absolute atomic E-state index is 0.182. The lowest BCUT2D eigenvalue weighted by Crippen LogP contribution is -2.40. The van der Waals surface area contributed by atoms with Gasteiger partial charge < -0.3 is 18.7 Å². The highest BCUT2D eigenvalue weighted by molar-refractivity contribution is 6.34. The highest BCUT2D eigenvalue weighted by Crippen LogP contribution is 2.38. The van der Waals surface area contributed by atoms with Crippen molar-refractivity contribution >= 4 is 40.0 Å². The molecule has 9 nitrogen and oxygen atoms in total. The predicted molar refractivity (Wildman–Crippen MR) is 134 cm³/mol. The number of hydrogen-bond donors (Lipinski definition) is 1. The van der Waals surface area contributed by atoms with Crippen LogP contribution in [-0.4, -0.2) is 36.4 Å². The molecular weight excluding hydrogens is 472 g/mol. The Balaban J connectivity index is 1.62. The fraction of sp³-hybridized carbons (Fsp3) is 0.240. The monoisotopic (exact) mass is 496 g/mol. The minimum Gasteiger partial charge on any atom is -0.493 e. The van der Waals surface area contributed by atoms with Gasteiger partial charge in [-0.2, -0.15) is 0 Å². The van der Waals surface area contributed by atoms with E-state index in [-0.39, 0.29) is 12.1 Å². The number of amides is 2. The molecule has 2 heterocycles. The summed E-state index contributed by atoms with van der Waals surface area (Å²) in [7, 11) is 3.14. The molecule has 0 fully saturated rings. The lowest BCUT2D eigenvalue weighted by Gasteiger charge is -2.27. The fourth-order valence-electron chi connectivity index (χ4n) is 3.63. The number of nitrogens with zero attached hydrogens (tertiary/aromatic N) is 3. The molecule has 182 valence electrons. The quantitative estimate of drug-likeness (QED) is 0.314. The third-order valence-corrected chi connectivity index (χ3v) is 5.51. The molecule has 2 aromatic heterocycles. The van der Waals surface area contributed by atoms with Gasteiger partial charge in [-0.15, -0.1) is 0 Å². The van der Waals surface area contributed by atoms with Gasteiger partial charge in [0.25, 0.3) is 0 Å². The smallest absolute Gasteiger partial charge is 0.327 e. The van der Waals surface area contributed by atoms with Crippen molar-refractivity contribution in [3.63, 3.8) is 0 Å². The maximum absolute atomic E-state index is 13.0. The molecule has 0 aliphatic carbocycles. The maximum atomic E-state index is 13.0. The number of methoxy groups -OCH3 is 2. The van der Waals surface area contributed by atoms with Gasteiger partial charge in [0.15, 0.2) is 17.3 Å². The number of nitrogens with one attached hydrogen (secondary N) is 1. The van der Waals surface area contributed by atoms with Gasteiger partial charge in [0.1, 0.15) is 17.3 Å². The summed E-state index contributed by atoms with van der Waals surface area (Å²) in [5.41, 5.74) is 1.21. The average Bonchev–Trinajstić information content (AvgIpc) is 3.24. The van der Waals surface area contributed by atoms with Crippen molar-refractivity contribution < 1.29 is 23.5 Å². The van der Waals surface area contributed by atoms with E-state index in [1.54, 1.807) is 63.7 Å². The summed E-state index contributed by atoms with van der Waals surface area (Å²) in [5, 5.41) is 7.64. The van der Waals surface area contributed by atoms with Crippen LogP contribution in [-0.2, 0) is 0 Å². The van der Waals surface area contributed by atoms with Gasteiger partial charge in [0, 0.05) is 35.8 Å². The van der Waals surface area contributed by atoms with Crippen molar-refractivity contribution in [3.8, 4) is 23.0 Å². The van der Waals surface area contributed by atoms with Crippen molar-refractivity contribution in [3.05, 3.63) is 59.4 Å². The van der Waals surface area contributed by atoms with E-state index in [0.29, 0.717) is 50.8 Å². The highest BCUT2D eigenvalue weighted by atomic mass is 35.5. The molecule has 0 spiro atoms. The van der Waals surface area contributed by atoms with E-state index in [0.717, 1.165) is 5.39 Å². The normalized spacial score (nSPS) is 10.9. The topological polar surface area (TPSA) is 99.0 Å². The molecule has 0 aliphatic rings. The summed E-state index contributed by atoms with van der Waals surface area (Å²) in [4.78, 5) is 18.9. The molecule has 10 heteroatoms. The average molecular weight is 497 g/mol. The number of pyridine rings is 1. The summed E-state index contributed by atoms with van der Waals surface area (Å²) in [5.74, 6) is 3.12. The number of ether oxygens (including phenoxy) is 3. The van der Waals surface area contributed by atoms with Crippen LogP contribution in [0, 0.1) is 6.92 Å². The van der Waals surface area contributed by atoms with E-state index < -0.39 is 0 Å². The number of aryl methyl sites for hydroxylation is 1. The number of carbonyl (C=O) groups excluding carboxylic acids is 1. The summed E-state index contributed by atoms with van der Waals surface area (Å²) in [6, 6.07) is 11.6. The van der Waals surface area contributed by atoms with E-state index in [2.05, 4.69) is 15.5 Å². The molecule has 2 aromatic carbocycles. The van der Waals surface area contributed by atoms with Crippen LogP contribution in [0.5, 0.6) is 23.0 Å². The number of rotatable bonds is 7.